The van der Waals surface area contributed by atoms with Gasteiger partial charge in [-0.25, -0.2) is 9.97 Å². The molecule has 0 aliphatic rings. The van der Waals surface area contributed by atoms with Gasteiger partial charge in [-0.15, -0.1) is 0 Å². The number of primary amides is 1. The van der Waals surface area contributed by atoms with Crippen LogP contribution in [-0.4, -0.2) is 22.5 Å². The molecule has 0 aliphatic heterocycles. The highest BCUT2D eigenvalue weighted by Crippen LogP contribution is 2.29. The summed E-state index contributed by atoms with van der Waals surface area (Å²) in [4.78, 5) is 19.2. The monoisotopic (exact) mass is 286 g/mol. The summed E-state index contributed by atoms with van der Waals surface area (Å²) < 4.78 is 5.78. The lowest BCUT2D eigenvalue weighted by molar-refractivity contribution is 0.0995. The molecule has 1 amide bonds. The molecule has 6 heteroatoms. The fourth-order valence-corrected chi connectivity index (χ4v) is 1.79. The number of anilines is 1. The maximum Gasteiger partial charge on any atom is 0.267 e. The molecule has 0 saturated carbocycles. The normalized spacial score (nSPS) is 10.6. The second-order valence-corrected chi connectivity index (χ2v) is 5.06. The number of carbonyl (C=O) groups is 1. The number of aromatic nitrogens is 2. The van der Waals surface area contributed by atoms with E-state index in [4.69, 9.17) is 16.2 Å². The second-order valence-electron chi connectivity index (χ2n) is 5.06. The molecule has 2 aromatic rings. The summed E-state index contributed by atoms with van der Waals surface area (Å²) in [7, 11) is 0. The number of hydrogen-bond donors (Lipinski definition) is 2. The lowest BCUT2D eigenvalue weighted by Gasteiger charge is -2.13. The Morgan fingerprint density at radius 3 is 2.67 bits per heavy atom. The Balaban J connectivity index is 2.44. The number of rotatable bonds is 5. The Morgan fingerprint density at radius 1 is 1.29 bits per heavy atom. The first-order chi connectivity index (χ1) is 9.97. The number of benzene rings is 1. The van der Waals surface area contributed by atoms with Gasteiger partial charge in [0.1, 0.15) is 11.4 Å². The minimum absolute atomic E-state index is 0.0000346. The summed E-state index contributed by atoms with van der Waals surface area (Å²) >= 11 is 0. The fourth-order valence-electron chi connectivity index (χ4n) is 1.79. The number of hydrogen-bond acceptors (Lipinski definition) is 5. The van der Waals surface area contributed by atoms with Gasteiger partial charge in [0.15, 0.2) is 0 Å². The van der Waals surface area contributed by atoms with Crippen LogP contribution in [0, 0.1) is 5.92 Å². The zero-order chi connectivity index (χ0) is 15.4. The Hall–Kier alpha value is -2.63. The summed E-state index contributed by atoms with van der Waals surface area (Å²) in [6.07, 6.45) is 0. The van der Waals surface area contributed by atoms with Crippen LogP contribution in [0.1, 0.15) is 24.3 Å². The lowest BCUT2D eigenvalue weighted by Crippen LogP contribution is -2.15. The molecule has 110 valence electrons. The van der Waals surface area contributed by atoms with Gasteiger partial charge >= 0.3 is 0 Å². The number of para-hydroxylation sites is 1. The standard InChI is InChI=1S/C15H18N4O2/c1-9(2)8-21-13-6-4-3-5-10(13)11-7-12(14(16)20)19-15(17)18-11/h3-7,9H,8H2,1-2H3,(H2,16,20)(H2,17,18,19). The molecular formula is C15H18N4O2. The van der Waals surface area contributed by atoms with Gasteiger partial charge in [-0.05, 0) is 24.1 Å². The number of ether oxygens (including phenoxy) is 1. The molecule has 1 heterocycles. The van der Waals surface area contributed by atoms with Crippen LogP contribution in [0.3, 0.4) is 0 Å². The highest BCUT2D eigenvalue weighted by molar-refractivity contribution is 5.92. The van der Waals surface area contributed by atoms with Crippen molar-refractivity contribution in [3.05, 3.63) is 36.0 Å². The van der Waals surface area contributed by atoms with Crippen molar-refractivity contribution in [1.29, 1.82) is 0 Å². The molecule has 0 radical (unpaired) electrons. The number of amides is 1. The summed E-state index contributed by atoms with van der Waals surface area (Å²) in [5.41, 5.74) is 12.2. The molecule has 21 heavy (non-hydrogen) atoms. The van der Waals surface area contributed by atoms with Gasteiger partial charge in [-0.1, -0.05) is 26.0 Å². The van der Waals surface area contributed by atoms with Crippen LogP contribution in [0.4, 0.5) is 5.95 Å². The van der Waals surface area contributed by atoms with Gasteiger partial charge in [0.25, 0.3) is 5.91 Å². The molecule has 1 aromatic heterocycles. The highest BCUT2D eigenvalue weighted by atomic mass is 16.5. The highest BCUT2D eigenvalue weighted by Gasteiger charge is 2.12. The Morgan fingerprint density at radius 2 is 2.00 bits per heavy atom. The predicted molar refractivity (Wildman–Crippen MR) is 80.7 cm³/mol. The van der Waals surface area contributed by atoms with Crippen LogP contribution < -0.4 is 16.2 Å². The second kappa shape index (κ2) is 6.21. The van der Waals surface area contributed by atoms with Crippen molar-refractivity contribution in [2.75, 3.05) is 12.3 Å². The topological polar surface area (TPSA) is 104 Å². The largest absolute Gasteiger partial charge is 0.493 e. The van der Waals surface area contributed by atoms with Gasteiger partial charge in [-0.2, -0.15) is 0 Å². The van der Waals surface area contributed by atoms with Crippen molar-refractivity contribution >= 4 is 11.9 Å². The SMILES string of the molecule is CC(C)COc1ccccc1-c1cc(C(N)=O)nc(N)n1. The van der Waals surface area contributed by atoms with Crippen molar-refractivity contribution in [1.82, 2.24) is 9.97 Å². The Labute approximate surface area is 123 Å². The van der Waals surface area contributed by atoms with Crippen LogP contribution in [-0.2, 0) is 0 Å². The van der Waals surface area contributed by atoms with Crippen molar-refractivity contribution < 1.29 is 9.53 Å². The number of carbonyl (C=O) groups excluding carboxylic acids is 1. The minimum Gasteiger partial charge on any atom is -0.493 e. The zero-order valence-electron chi connectivity index (χ0n) is 12.0. The van der Waals surface area contributed by atoms with Crippen molar-refractivity contribution in [2.45, 2.75) is 13.8 Å². The lowest BCUT2D eigenvalue weighted by atomic mass is 10.1. The molecule has 0 unspecified atom stereocenters. The third-order valence-electron chi connectivity index (χ3n) is 2.73. The molecule has 0 saturated heterocycles. The molecule has 0 fully saturated rings. The van der Waals surface area contributed by atoms with E-state index < -0.39 is 5.91 Å². The molecule has 6 nitrogen and oxygen atoms in total. The van der Waals surface area contributed by atoms with E-state index in [1.807, 2.05) is 24.3 Å². The molecule has 0 atom stereocenters. The maximum absolute atomic E-state index is 11.3. The third-order valence-corrected chi connectivity index (χ3v) is 2.73. The molecule has 0 spiro atoms. The molecule has 1 aromatic carbocycles. The van der Waals surface area contributed by atoms with E-state index in [0.29, 0.717) is 24.0 Å². The van der Waals surface area contributed by atoms with E-state index in [-0.39, 0.29) is 11.6 Å². The van der Waals surface area contributed by atoms with Gasteiger partial charge in [0.2, 0.25) is 5.95 Å². The van der Waals surface area contributed by atoms with Crippen molar-refractivity contribution in [3.63, 3.8) is 0 Å². The molecular weight excluding hydrogens is 268 g/mol. The van der Waals surface area contributed by atoms with Gasteiger partial charge in [0.05, 0.1) is 12.3 Å². The first-order valence-electron chi connectivity index (χ1n) is 6.64. The number of nitrogens with two attached hydrogens (primary N) is 2. The first kappa shape index (κ1) is 14.8. The van der Waals surface area contributed by atoms with E-state index >= 15 is 0 Å². The number of nitrogens with zero attached hydrogens (tertiary/aromatic N) is 2. The van der Waals surface area contributed by atoms with Crippen molar-refractivity contribution in [3.8, 4) is 17.0 Å². The summed E-state index contributed by atoms with van der Waals surface area (Å²) in [6, 6.07) is 8.94. The van der Waals surface area contributed by atoms with E-state index in [2.05, 4.69) is 23.8 Å². The average molecular weight is 286 g/mol. The Kier molecular flexibility index (Phi) is 4.37. The van der Waals surface area contributed by atoms with Crippen LogP contribution in [0.15, 0.2) is 30.3 Å². The van der Waals surface area contributed by atoms with Gasteiger partial charge in [0, 0.05) is 5.56 Å². The van der Waals surface area contributed by atoms with Crippen LogP contribution in [0.5, 0.6) is 5.75 Å². The van der Waals surface area contributed by atoms with E-state index in [9.17, 15) is 4.79 Å². The van der Waals surface area contributed by atoms with Crippen LogP contribution in [0.2, 0.25) is 0 Å². The van der Waals surface area contributed by atoms with Crippen LogP contribution >= 0.6 is 0 Å². The average Bonchev–Trinajstić information content (AvgIpc) is 2.44. The first-order valence-corrected chi connectivity index (χ1v) is 6.64. The van der Waals surface area contributed by atoms with Gasteiger partial charge in [-0.3, -0.25) is 4.79 Å². The molecule has 4 N–H and O–H groups in total. The van der Waals surface area contributed by atoms with E-state index in [0.717, 1.165) is 5.56 Å². The van der Waals surface area contributed by atoms with E-state index in [1.54, 1.807) is 0 Å². The van der Waals surface area contributed by atoms with E-state index in [1.165, 1.54) is 6.07 Å². The summed E-state index contributed by atoms with van der Waals surface area (Å²) in [6.45, 7) is 4.72. The molecule has 0 aliphatic carbocycles. The third kappa shape index (κ3) is 3.68. The maximum atomic E-state index is 11.3. The summed E-state index contributed by atoms with van der Waals surface area (Å²) in [5, 5.41) is 0. The van der Waals surface area contributed by atoms with Crippen LogP contribution in [0.25, 0.3) is 11.3 Å². The Bertz CT molecular complexity index is 656. The summed E-state index contributed by atoms with van der Waals surface area (Å²) in [5.74, 6) is 0.431. The predicted octanol–water partition coefficient (Wildman–Crippen LogP) is 1.86. The smallest absolute Gasteiger partial charge is 0.267 e. The molecule has 0 bridgehead atoms. The molecule has 2 rings (SSSR count). The number of nitrogen functional groups attached to an aromatic ring is 1. The zero-order valence-corrected chi connectivity index (χ0v) is 12.0. The van der Waals surface area contributed by atoms with Crippen molar-refractivity contribution in [2.24, 2.45) is 11.7 Å². The minimum atomic E-state index is -0.647. The quantitative estimate of drug-likeness (QED) is 0.873. The fraction of sp³-hybridized carbons (Fsp3) is 0.267. The van der Waals surface area contributed by atoms with Gasteiger partial charge < -0.3 is 16.2 Å².